The van der Waals surface area contributed by atoms with Gasteiger partial charge < -0.3 is 15.1 Å². The summed E-state index contributed by atoms with van der Waals surface area (Å²) in [5.41, 5.74) is 1.98. The van der Waals surface area contributed by atoms with Crippen molar-refractivity contribution in [3.63, 3.8) is 0 Å². The zero-order valence-corrected chi connectivity index (χ0v) is 16.4. The first-order valence-electron chi connectivity index (χ1n) is 9.48. The average molecular weight is 390 g/mol. The highest BCUT2D eigenvalue weighted by Crippen LogP contribution is 2.21. The van der Waals surface area contributed by atoms with Crippen LogP contribution in [0.25, 0.3) is 17.2 Å². The van der Waals surface area contributed by atoms with E-state index in [1.807, 2.05) is 15.4 Å². The summed E-state index contributed by atoms with van der Waals surface area (Å²) in [6.45, 7) is 1.41. The predicted octanol–water partition coefficient (Wildman–Crippen LogP) is 2.22. The zero-order chi connectivity index (χ0) is 20.4. The van der Waals surface area contributed by atoms with Gasteiger partial charge in [-0.2, -0.15) is 5.26 Å². The highest BCUT2D eigenvalue weighted by Gasteiger charge is 2.25. The van der Waals surface area contributed by atoms with Gasteiger partial charge in [0.1, 0.15) is 23.2 Å². The fraction of sp³-hybridized carbons (Fsp3) is 0.350. The van der Waals surface area contributed by atoms with E-state index in [0.29, 0.717) is 29.4 Å². The van der Waals surface area contributed by atoms with Crippen LogP contribution in [0.3, 0.4) is 0 Å². The number of hydrogen-bond donors (Lipinski definition) is 1. The predicted molar refractivity (Wildman–Crippen MR) is 108 cm³/mol. The lowest BCUT2D eigenvalue weighted by atomic mass is 10.1. The largest absolute Gasteiger partial charge is 0.365 e. The number of pyridine rings is 1. The van der Waals surface area contributed by atoms with Crippen LogP contribution < -0.4 is 5.32 Å². The molecule has 0 saturated carbocycles. The summed E-state index contributed by atoms with van der Waals surface area (Å²) in [5.74, 6) is 1.22. The van der Waals surface area contributed by atoms with Gasteiger partial charge in [0, 0.05) is 45.6 Å². The molecule has 1 aliphatic rings. The molecule has 1 unspecified atom stereocenters. The van der Waals surface area contributed by atoms with E-state index in [0.717, 1.165) is 25.0 Å². The number of piperidine rings is 1. The van der Waals surface area contributed by atoms with Gasteiger partial charge in [0.25, 0.3) is 0 Å². The Morgan fingerprint density at radius 3 is 2.97 bits per heavy atom. The summed E-state index contributed by atoms with van der Waals surface area (Å²) < 4.78 is 1.82. The first-order chi connectivity index (χ1) is 14.0. The SMILES string of the molecule is CN(C)C(=O)N1CCCC(Nc2ccnc(-c3cnc4ccc(C#N)cn34)n2)C1. The Morgan fingerprint density at radius 2 is 2.17 bits per heavy atom. The minimum absolute atomic E-state index is 0.0268. The number of nitrogens with one attached hydrogen (secondary N) is 1. The number of likely N-dealkylation sites (tertiary alicyclic amines) is 1. The summed E-state index contributed by atoms with van der Waals surface area (Å²) >= 11 is 0. The van der Waals surface area contributed by atoms with Crippen LogP contribution in [0.4, 0.5) is 10.6 Å². The average Bonchev–Trinajstić information content (AvgIpc) is 3.16. The number of fused-ring (bicyclic) bond motifs is 1. The van der Waals surface area contributed by atoms with Crippen LogP contribution in [0.1, 0.15) is 18.4 Å². The molecule has 1 atom stereocenters. The van der Waals surface area contributed by atoms with Crippen molar-refractivity contribution in [3.05, 3.63) is 42.4 Å². The Labute approximate surface area is 168 Å². The second-order valence-electron chi connectivity index (χ2n) is 7.27. The molecule has 3 aromatic rings. The Morgan fingerprint density at radius 1 is 1.31 bits per heavy atom. The summed E-state index contributed by atoms with van der Waals surface area (Å²) in [6.07, 6.45) is 7.04. The first kappa shape index (κ1) is 18.7. The van der Waals surface area contributed by atoms with E-state index < -0.39 is 0 Å². The third-order valence-electron chi connectivity index (χ3n) is 4.95. The molecule has 9 nitrogen and oxygen atoms in total. The second kappa shape index (κ2) is 7.75. The minimum atomic E-state index is 0.0268. The topological polar surface area (TPSA) is 102 Å². The molecule has 0 bridgehead atoms. The van der Waals surface area contributed by atoms with Gasteiger partial charge >= 0.3 is 6.03 Å². The van der Waals surface area contributed by atoms with Crippen LogP contribution in [0.2, 0.25) is 0 Å². The molecule has 4 heterocycles. The number of nitriles is 1. The van der Waals surface area contributed by atoms with Crippen molar-refractivity contribution in [2.24, 2.45) is 0 Å². The van der Waals surface area contributed by atoms with Crippen LogP contribution in [-0.4, -0.2) is 68.4 Å². The summed E-state index contributed by atoms with van der Waals surface area (Å²) in [5, 5.41) is 12.6. The molecule has 0 aliphatic carbocycles. The number of nitrogens with zero attached hydrogens (tertiary/aromatic N) is 7. The Hall–Kier alpha value is -3.67. The monoisotopic (exact) mass is 390 g/mol. The maximum absolute atomic E-state index is 12.2. The third-order valence-corrected chi connectivity index (χ3v) is 4.95. The number of imidazole rings is 1. The number of urea groups is 1. The van der Waals surface area contributed by atoms with Crippen molar-refractivity contribution < 1.29 is 4.79 Å². The molecular weight excluding hydrogens is 368 g/mol. The van der Waals surface area contributed by atoms with E-state index in [1.165, 1.54) is 0 Å². The number of rotatable bonds is 3. The molecule has 3 aromatic heterocycles. The maximum Gasteiger partial charge on any atom is 0.319 e. The molecule has 148 valence electrons. The molecule has 4 rings (SSSR count). The minimum Gasteiger partial charge on any atom is -0.365 e. The Bertz CT molecular complexity index is 1080. The highest BCUT2D eigenvalue weighted by atomic mass is 16.2. The van der Waals surface area contributed by atoms with Crippen LogP contribution >= 0.6 is 0 Å². The molecule has 0 aromatic carbocycles. The van der Waals surface area contributed by atoms with E-state index in [4.69, 9.17) is 5.26 Å². The Kier molecular flexibility index (Phi) is 4.99. The molecule has 2 amide bonds. The molecule has 29 heavy (non-hydrogen) atoms. The van der Waals surface area contributed by atoms with E-state index in [9.17, 15) is 4.79 Å². The van der Waals surface area contributed by atoms with Crippen LogP contribution in [0, 0.1) is 11.3 Å². The zero-order valence-electron chi connectivity index (χ0n) is 16.4. The van der Waals surface area contributed by atoms with Crippen molar-refractivity contribution in [3.8, 4) is 17.6 Å². The standard InChI is InChI=1S/C20H22N8O/c1-26(2)20(29)27-9-3-4-15(13-27)24-17-7-8-22-19(25-17)16-11-23-18-6-5-14(10-21)12-28(16)18/h5-8,11-12,15H,3-4,9,13H2,1-2H3,(H,22,24,25). The highest BCUT2D eigenvalue weighted by molar-refractivity contribution is 5.74. The first-order valence-corrected chi connectivity index (χ1v) is 9.48. The maximum atomic E-state index is 12.2. The number of anilines is 1. The van der Waals surface area contributed by atoms with Gasteiger partial charge in [-0.15, -0.1) is 0 Å². The van der Waals surface area contributed by atoms with Gasteiger partial charge in [-0.05, 0) is 31.0 Å². The third kappa shape index (κ3) is 3.82. The van der Waals surface area contributed by atoms with Crippen LogP contribution in [-0.2, 0) is 0 Å². The molecule has 0 radical (unpaired) electrons. The second-order valence-corrected chi connectivity index (χ2v) is 7.27. The molecule has 1 aliphatic heterocycles. The van der Waals surface area contributed by atoms with Crippen LogP contribution in [0.15, 0.2) is 36.8 Å². The van der Waals surface area contributed by atoms with Crippen molar-refractivity contribution in [2.75, 3.05) is 32.5 Å². The van der Waals surface area contributed by atoms with Gasteiger partial charge in [0.15, 0.2) is 5.82 Å². The van der Waals surface area contributed by atoms with Crippen LogP contribution in [0.5, 0.6) is 0 Å². The lowest BCUT2D eigenvalue weighted by Crippen LogP contribution is -2.48. The van der Waals surface area contributed by atoms with Gasteiger partial charge in [0.2, 0.25) is 0 Å². The smallest absolute Gasteiger partial charge is 0.319 e. The van der Waals surface area contributed by atoms with E-state index in [2.05, 4.69) is 26.3 Å². The normalized spacial score (nSPS) is 16.4. The number of carbonyl (C=O) groups is 1. The molecule has 1 fully saturated rings. The fourth-order valence-corrected chi connectivity index (χ4v) is 3.54. The van der Waals surface area contributed by atoms with Crippen molar-refractivity contribution in [1.82, 2.24) is 29.2 Å². The van der Waals surface area contributed by atoms with E-state index >= 15 is 0 Å². The van der Waals surface area contributed by atoms with Gasteiger partial charge in [0.05, 0.1) is 11.8 Å². The molecule has 0 spiro atoms. The van der Waals surface area contributed by atoms with Crippen molar-refractivity contribution >= 4 is 17.5 Å². The van der Waals surface area contributed by atoms with Gasteiger partial charge in [-0.25, -0.2) is 19.7 Å². The number of aromatic nitrogens is 4. The quantitative estimate of drug-likeness (QED) is 0.736. The van der Waals surface area contributed by atoms with E-state index in [1.54, 1.807) is 49.7 Å². The lowest BCUT2D eigenvalue weighted by Gasteiger charge is -2.34. The number of hydrogen-bond acceptors (Lipinski definition) is 6. The lowest BCUT2D eigenvalue weighted by molar-refractivity contribution is 0.157. The summed E-state index contributed by atoms with van der Waals surface area (Å²) in [7, 11) is 3.54. The molecular formula is C20H22N8O. The van der Waals surface area contributed by atoms with Gasteiger partial charge in [-0.1, -0.05) is 0 Å². The molecule has 1 saturated heterocycles. The fourth-order valence-electron chi connectivity index (χ4n) is 3.54. The molecule has 9 heteroatoms. The van der Waals surface area contributed by atoms with Crippen molar-refractivity contribution in [1.29, 1.82) is 5.26 Å². The van der Waals surface area contributed by atoms with Gasteiger partial charge in [-0.3, -0.25) is 4.40 Å². The number of carbonyl (C=O) groups excluding carboxylic acids is 1. The van der Waals surface area contributed by atoms with Crippen molar-refractivity contribution in [2.45, 2.75) is 18.9 Å². The number of amides is 2. The van der Waals surface area contributed by atoms with E-state index in [-0.39, 0.29) is 12.1 Å². The summed E-state index contributed by atoms with van der Waals surface area (Å²) in [6, 6.07) is 7.64. The Balaban J connectivity index is 1.55. The summed E-state index contributed by atoms with van der Waals surface area (Å²) in [4.78, 5) is 29.1. The molecule has 1 N–H and O–H groups in total.